The van der Waals surface area contributed by atoms with Crippen LogP contribution in [0.4, 0.5) is 0 Å². The number of rotatable bonds is 4. The van der Waals surface area contributed by atoms with Crippen molar-refractivity contribution in [1.29, 1.82) is 0 Å². The van der Waals surface area contributed by atoms with Crippen LogP contribution in [0.3, 0.4) is 0 Å². The molecule has 2 heterocycles. The van der Waals surface area contributed by atoms with Gasteiger partial charge in [-0.25, -0.2) is 0 Å². The molecule has 150 valence electrons. The molecule has 0 saturated carbocycles. The quantitative estimate of drug-likeness (QED) is 0.475. The molecule has 0 unspecified atom stereocenters. The van der Waals surface area contributed by atoms with Crippen LogP contribution < -0.4 is 10.6 Å². The Morgan fingerprint density at radius 1 is 0.793 bits per heavy atom. The Morgan fingerprint density at radius 3 is 1.83 bits per heavy atom. The van der Waals surface area contributed by atoms with E-state index >= 15 is 0 Å². The van der Waals surface area contributed by atoms with E-state index in [1.807, 2.05) is 0 Å². The number of hydrogen-bond donors (Lipinski definition) is 0. The van der Waals surface area contributed by atoms with Gasteiger partial charge in [-0.05, 0) is 0 Å². The van der Waals surface area contributed by atoms with Crippen molar-refractivity contribution in [2.24, 2.45) is 5.41 Å². The van der Waals surface area contributed by atoms with Gasteiger partial charge in [0.05, 0.1) is 0 Å². The molecular formula is C27H31OP. The van der Waals surface area contributed by atoms with Gasteiger partial charge in [0, 0.05) is 0 Å². The van der Waals surface area contributed by atoms with Crippen molar-refractivity contribution in [2.45, 2.75) is 45.9 Å². The molecule has 2 atom stereocenters. The summed E-state index contributed by atoms with van der Waals surface area (Å²) >= 11 is 0. The third-order valence-electron chi connectivity index (χ3n) is 7.71. The Kier molecular flexibility index (Phi) is 4.12. The second-order valence-corrected chi connectivity index (χ2v) is 14.7. The zero-order valence-electron chi connectivity index (χ0n) is 17.9. The van der Waals surface area contributed by atoms with Gasteiger partial charge in [-0.15, -0.1) is 0 Å². The van der Waals surface area contributed by atoms with Crippen molar-refractivity contribution in [2.75, 3.05) is 6.16 Å². The fraction of sp³-hybridized carbons (Fsp3) is 0.333. The van der Waals surface area contributed by atoms with Crippen molar-refractivity contribution in [3.63, 3.8) is 0 Å². The molecule has 0 amide bonds. The van der Waals surface area contributed by atoms with E-state index in [4.69, 9.17) is 4.52 Å². The first kappa shape index (κ1) is 19.0. The van der Waals surface area contributed by atoms with E-state index in [2.05, 4.69) is 107 Å². The van der Waals surface area contributed by atoms with Crippen LogP contribution in [0.1, 0.15) is 33.3 Å². The molecule has 3 aromatic rings. The second-order valence-electron chi connectivity index (χ2n) is 9.55. The molecule has 1 saturated heterocycles. The van der Waals surface area contributed by atoms with E-state index < -0.39 is 6.83 Å². The molecule has 0 N–H and O–H groups in total. The molecule has 3 aromatic carbocycles. The summed E-state index contributed by atoms with van der Waals surface area (Å²) in [4.78, 5) is 0. The Bertz CT molecular complexity index is 1020. The first-order valence-corrected chi connectivity index (χ1v) is 13.3. The van der Waals surface area contributed by atoms with Crippen molar-refractivity contribution >= 4 is 17.4 Å². The molecule has 2 aliphatic rings. The summed E-state index contributed by atoms with van der Waals surface area (Å²) in [5, 5.41) is 2.97. The third kappa shape index (κ3) is 2.29. The van der Waals surface area contributed by atoms with Crippen LogP contribution in [0.5, 0.6) is 0 Å². The maximum atomic E-state index is 7.36. The molecule has 5 rings (SSSR count). The first-order chi connectivity index (χ1) is 13.9. The van der Waals surface area contributed by atoms with Crippen LogP contribution in [0.15, 0.2) is 78.9 Å². The Balaban J connectivity index is 1.61. The van der Waals surface area contributed by atoms with Crippen LogP contribution in [-0.2, 0) is 10.9 Å². The summed E-state index contributed by atoms with van der Waals surface area (Å²) in [5.41, 5.74) is 4.80. The molecule has 0 bridgehead atoms. The standard InChI is InChI=1S/C27H31OP/c1-5-29(24-17-11-9-15-22(24)23-16-10-12-18-25(23)29)20(2)26(28-29)27(3,4)19-21-13-7-6-8-14-21/h6-18,20,26H,5,19H2,1-4H3/t20-,26+/m1/s1. The minimum absolute atomic E-state index is 0.0889. The van der Waals surface area contributed by atoms with E-state index in [0.29, 0.717) is 5.66 Å². The monoisotopic (exact) mass is 402 g/mol. The Hall–Kier alpha value is -1.95. The molecule has 29 heavy (non-hydrogen) atoms. The topological polar surface area (TPSA) is 9.23 Å². The van der Waals surface area contributed by atoms with Crippen molar-refractivity contribution < 1.29 is 4.52 Å². The van der Waals surface area contributed by atoms with Crippen LogP contribution in [0.25, 0.3) is 11.1 Å². The summed E-state index contributed by atoms with van der Waals surface area (Å²) in [6.07, 6.45) is 2.39. The van der Waals surface area contributed by atoms with Crippen LogP contribution >= 0.6 is 6.83 Å². The molecule has 2 heteroatoms. The fourth-order valence-corrected chi connectivity index (χ4v) is 13.4. The van der Waals surface area contributed by atoms with Crippen molar-refractivity contribution in [1.82, 2.24) is 0 Å². The average molecular weight is 403 g/mol. The van der Waals surface area contributed by atoms with Crippen molar-refractivity contribution in [3.8, 4) is 11.1 Å². The predicted octanol–water partition coefficient (Wildman–Crippen LogP) is 6.16. The first-order valence-electron chi connectivity index (χ1n) is 10.9. The van der Waals surface area contributed by atoms with Gasteiger partial charge in [0.15, 0.2) is 0 Å². The molecule has 0 aliphatic carbocycles. The van der Waals surface area contributed by atoms with Gasteiger partial charge in [-0.3, -0.25) is 0 Å². The fourth-order valence-electron chi connectivity index (χ4n) is 6.33. The van der Waals surface area contributed by atoms with Gasteiger partial charge in [-0.2, -0.15) is 0 Å². The summed E-state index contributed by atoms with van der Waals surface area (Å²) in [6.45, 7) is 6.96. The van der Waals surface area contributed by atoms with Gasteiger partial charge in [0.2, 0.25) is 0 Å². The number of fused-ring (bicyclic) bond motifs is 5. The average Bonchev–Trinajstić information content (AvgIpc) is 3.02. The van der Waals surface area contributed by atoms with Gasteiger partial charge in [0.25, 0.3) is 0 Å². The van der Waals surface area contributed by atoms with E-state index in [9.17, 15) is 0 Å². The molecule has 0 radical (unpaired) electrons. The summed E-state index contributed by atoms with van der Waals surface area (Å²) in [7, 11) is 0. The van der Waals surface area contributed by atoms with Gasteiger partial charge >= 0.3 is 175 Å². The van der Waals surface area contributed by atoms with E-state index in [0.717, 1.165) is 12.6 Å². The Morgan fingerprint density at radius 2 is 1.31 bits per heavy atom. The van der Waals surface area contributed by atoms with E-state index in [-0.39, 0.29) is 11.5 Å². The van der Waals surface area contributed by atoms with E-state index in [1.165, 1.54) is 27.3 Å². The Labute approximate surface area is 175 Å². The molecule has 2 aliphatic heterocycles. The van der Waals surface area contributed by atoms with E-state index in [1.54, 1.807) is 0 Å². The normalized spacial score (nSPS) is 24.8. The third-order valence-corrected chi connectivity index (χ3v) is 14.6. The zero-order valence-corrected chi connectivity index (χ0v) is 18.8. The van der Waals surface area contributed by atoms with Gasteiger partial charge in [-0.1, -0.05) is 0 Å². The molecule has 1 spiro atoms. The van der Waals surface area contributed by atoms with Gasteiger partial charge in [0.1, 0.15) is 0 Å². The summed E-state index contributed by atoms with van der Waals surface area (Å²) in [5.74, 6) is 0. The molecular weight excluding hydrogens is 371 g/mol. The summed E-state index contributed by atoms with van der Waals surface area (Å²) in [6, 6.07) is 28.9. The number of benzene rings is 3. The van der Waals surface area contributed by atoms with Crippen LogP contribution in [0.2, 0.25) is 0 Å². The second kappa shape index (κ2) is 6.27. The van der Waals surface area contributed by atoms with Crippen molar-refractivity contribution in [3.05, 3.63) is 84.4 Å². The van der Waals surface area contributed by atoms with Gasteiger partial charge < -0.3 is 0 Å². The number of hydrogen-bond acceptors (Lipinski definition) is 1. The minimum atomic E-state index is -2.64. The predicted molar refractivity (Wildman–Crippen MR) is 127 cm³/mol. The molecule has 1 nitrogen and oxygen atoms in total. The van der Waals surface area contributed by atoms with Crippen LogP contribution in [-0.4, -0.2) is 17.9 Å². The summed E-state index contributed by atoms with van der Waals surface area (Å²) < 4.78 is 7.36. The molecule has 0 aromatic heterocycles. The maximum absolute atomic E-state index is 7.36. The van der Waals surface area contributed by atoms with Crippen LogP contribution in [0, 0.1) is 5.41 Å². The SMILES string of the molecule is CCP12(O[C@H](C(C)(C)Cc3ccccc3)[C@H]1C)c1ccccc1-c1ccccc12. The zero-order chi connectivity index (χ0) is 20.3. The molecule has 1 fully saturated rings.